The van der Waals surface area contributed by atoms with Crippen LogP contribution in [0.1, 0.15) is 26.3 Å². The summed E-state index contributed by atoms with van der Waals surface area (Å²) in [6.45, 7) is 0. The van der Waals surface area contributed by atoms with Gasteiger partial charge in [-0.25, -0.2) is 9.37 Å². The SMILES string of the molecule is CNC(=N)c1ccc(C(=O)Nc2ccccc2C(=O)Nc2ccc(Br)cn2)c(F)c1. The van der Waals surface area contributed by atoms with Crippen LogP contribution < -0.4 is 16.0 Å². The Morgan fingerprint density at radius 1 is 1.00 bits per heavy atom. The average Bonchev–Trinajstić information content (AvgIpc) is 2.74. The van der Waals surface area contributed by atoms with E-state index in [0.717, 1.165) is 10.5 Å². The molecule has 2 aromatic carbocycles. The first-order valence-electron chi connectivity index (χ1n) is 8.78. The smallest absolute Gasteiger partial charge is 0.258 e. The molecule has 152 valence electrons. The summed E-state index contributed by atoms with van der Waals surface area (Å²) in [6, 6.07) is 13.6. The van der Waals surface area contributed by atoms with E-state index in [2.05, 4.69) is 36.9 Å². The minimum absolute atomic E-state index is 0.0319. The highest BCUT2D eigenvalue weighted by Gasteiger charge is 2.17. The van der Waals surface area contributed by atoms with E-state index in [-0.39, 0.29) is 22.6 Å². The summed E-state index contributed by atoms with van der Waals surface area (Å²) >= 11 is 3.27. The number of hydrogen-bond acceptors (Lipinski definition) is 4. The minimum Gasteiger partial charge on any atom is -0.373 e. The molecule has 0 saturated heterocycles. The number of carbonyl (C=O) groups is 2. The molecule has 7 nitrogen and oxygen atoms in total. The van der Waals surface area contributed by atoms with Crippen molar-refractivity contribution < 1.29 is 14.0 Å². The maximum atomic E-state index is 14.4. The molecule has 3 rings (SSSR count). The van der Waals surface area contributed by atoms with Crippen molar-refractivity contribution in [2.45, 2.75) is 0 Å². The number of rotatable bonds is 5. The van der Waals surface area contributed by atoms with Gasteiger partial charge >= 0.3 is 0 Å². The highest BCUT2D eigenvalue weighted by Crippen LogP contribution is 2.20. The van der Waals surface area contributed by atoms with Crippen molar-refractivity contribution in [3.63, 3.8) is 0 Å². The van der Waals surface area contributed by atoms with E-state index >= 15 is 0 Å². The summed E-state index contributed by atoms with van der Waals surface area (Å²) < 4.78 is 15.2. The molecule has 1 heterocycles. The molecule has 0 spiro atoms. The molecule has 1 aromatic heterocycles. The number of halogens is 2. The molecular formula is C21H17BrFN5O2. The summed E-state index contributed by atoms with van der Waals surface area (Å²) in [6.07, 6.45) is 1.55. The van der Waals surface area contributed by atoms with Gasteiger partial charge in [-0.2, -0.15) is 0 Å². The first kappa shape index (κ1) is 21.1. The number of anilines is 2. The van der Waals surface area contributed by atoms with Crippen molar-refractivity contribution in [3.8, 4) is 0 Å². The fraction of sp³-hybridized carbons (Fsp3) is 0.0476. The number of pyridine rings is 1. The molecular weight excluding hydrogens is 453 g/mol. The van der Waals surface area contributed by atoms with Crippen molar-refractivity contribution in [1.29, 1.82) is 5.41 Å². The number of hydrogen-bond donors (Lipinski definition) is 4. The molecule has 0 aliphatic carbocycles. The minimum atomic E-state index is -0.772. The molecule has 0 fully saturated rings. The first-order valence-corrected chi connectivity index (χ1v) is 9.58. The highest BCUT2D eigenvalue weighted by molar-refractivity contribution is 9.10. The molecule has 0 aliphatic rings. The standard InChI is InChI=1S/C21H17BrFN5O2/c1-25-19(24)12-6-8-14(16(23)10-12)20(29)27-17-5-3-2-4-15(17)21(30)28-18-9-7-13(22)11-26-18/h2-11H,1H3,(H2,24,25)(H,27,29)(H,26,28,30). The zero-order valence-corrected chi connectivity index (χ0v) is 17.4. The second kappa shape index (κ2) is 9.27. The van der Waals surface area contributed by atoms with Crippen LogP contribution in [0.5, 0.6) is 0 Å². The van der Waals surface area contributed by atoms with E-state index in [0.29, 0.717) is 11.4 Å². The third-order valence-electron chi connectivity index (χ3n) is 4.14. The van der Waals surface area contributed by atoms with Crippen LogP contribution in [0.3, 0.4) is 0 Å². The second-order valence-corrected chi connectivity index (χ2v) is 7.05. The van der Waals surface area contributed by atoms with Gasteiger partial charge in [-0.1, -0.05) is 18.2 Å². The lowest BCUT2D eigenvalue weighted by atomic mass is 10.1. The number of nitrogens with zero attached hydrogens (tertiary/aromatic N) is 1. The van der Waals surface area contributed by atoms with E-state index < -0.39 is 17.6 Å². The van der Waals surface area contributed by atoms with Gasteiger partial charge in [0.1, 0.15) is 17.5 Å². The molecule has 0 unspecified atom stereocenters. The van der Waals surface area contributed by atoms with E-state index in [4.69, 9.17) is 5.41 Å². The third kappa shape index (κ3) is 4.87. The second-order valence-electron chi connectivity index (χ2n) is 6.14. The van der Waals surface area contributed by atoms with Gasteiger partial charge < -0.3 is 16.0 Å². The molecule has 0 bridgehead atoms. The number of amidine groups is 1. The summed E-state index contributed by atoms with van der Waals surface area (Å²) in [4.78, 5) is 29.3. The van der Waals surface area contributed by atoms with Crippen LogP contribution in [-0.2, 0) is 0 Å². The number of aromatic nitrogens is 1. The van der Waals surface area contributed by atoms with Crippen molar-refractivity contribution in [2.24, 2.45) is 0 Å². The summed E-state index contributed by atoms with van der Waals surface area (Å²) in [5, 5.41) is 15.5. The Morgan fingerprint density at radius 2 is 1.73 bits per heavy atom. The molecule has 0 aliphatic heterocycles. The van der Waals surface area contributed by atoms with Gasteiger partial charge in [-0.3, -0.25) is 15.0 Å². The Morgan fingerprint density at radius 3 is 2.40 bits per heavy atom. The van der Waals surface area contributed by atoms with Crippen LogP contribution in [0.4, 0.5) is 15.9 Å². The largest absolute Gasteiger partial charge is 0.373 e. The molecule has 0 radical (unpaired) electrons. The monoisotopic (exact) mass is 469 g/mol. The van der Waals surface area contributed by atoms with Gasteiger partial charge in [0.05, 0.1) is 16.8 Å². The number of amides is 2. The lowest BCUT2D eigenvalue weighted by molar-refractivity contribution is 0.102. The summed E-state index contributed by atoms with van der Waals surface area (Å²) in [5.41, 5.74) is 0.536. The van der Waals surface area contributed by atoms with Gasteiger partial charge in [0, 0.05) is 23.3 Å². The molecule has 2 amide bonds. The third-order valence-corrected chi connectivity index (χ3v) is 4.61. The summed E-state index contributed by atoms with van der Waals surface area (Å²) in [5.74, 6) is -1.58. The first-order chi connectivity index (χ1) is 14.4. The van der Waals surface area contributed by atoms with Crippen LogP contribution in [0.15, 0.2) is 65.3 Å². The topological polar surface area (TPSA) is 107 Å². The highest BCUT2D eigenvalue weighted by atomic mass is 79.9. The normalized spacial score (nSPS) is 10.2. The van der Waals surface area contributed by atoms with E-state index in [1.54, 1.807) is 43.6 Å². The Bertz CT molecular complexity index is 1120. The van der Waals surface area contributed by atoms with Crippen LogP contribution in [0, 0.1) is 11.2 Å². The predicted molar refractivity (Wildman–Crippen MR) is 117 cm³/mol. The average molecular weight is 470 g/mol. The van der Waals surface area contributed by atoms with Gasteiger partial charge in [-0.15, -0.1) is 0 Å². The molecule has 30 heavy (non-hydrogen) atoms. The predicted octanol–water partition coefficient (Wildman–Crippen LogP) is 4.03. The Balaban J connectivity index is 1.80. The van der Waals surface area contributed by atoms with Gasteiger partial charge in [-0.05, 0) is 52.3 Å². The van der Waals surface area contributed by atoms with Gasteiger partial charge in [0.25, 0.3) is 11.8 Å². The van der Waals surface area contributed by atoms with E-state index in [9.17, 15) is 14.0 Å². The lowest BCUT2D eigenvalue weighted by Gasteiger charge is -2.12. The zero-order valence-electron chi connectivity index (χ0n) is 15.8. The number of carbonyl (C=O) groups excluding carboxylic acids is 2. The Kier molecular flexibility index (Phi) is 6.53. The zero-order chi connectivity index (χ0) is 21.7. The van der Waals surface area contributed by atoms with Crippen LogP contribution in [0.25, 0.3) is 0 Å². The maximum absolute atomic E-state index is 14.4. The van der Waals surface area contributed by atoms with Crippen molar-refractivity contribution in [3.05, 3.63) is 87.8 Å². The van der Waals surface area contributed by atoms with Crippen molar-refractivity contribution in [1.82, 2.24) is 10.3 Å². The fourth-order valence-electron chi connectivity index (χ4n) is 2.61. The van der Waals surface area contributed by atoms with E-state index in [1.807, 2.05) is 0 Å². The molecule has 0 saturated carbocycles. The molecule has 3 aromatic rings. The Labute approximate surface area is 180 Å². The molecule has 9 heteroatoms. The van der Waals surface area contributed by atoms with Crippen molar-refractivity contribution in [2.75, 3.05) is 17.7 Å². The Hall–Kier alpha value is -3.59. The lowest BCUT2D eigenvalue weighted by Crippen LogP contribution is -2.21. The van der Waals surface area contributed by atoms with E-state index in [1.165, 1.54) is 18.2 Å². The number of para-hydroxylation sites is 1. The van der Waals surface area contributed by atoms with Crippen LogP contribution >= 0.6 is 15.9 Å². The van der Waals surface area contributed by atoms with Gasteiger partial charge in [0.2, 0.25) is 0 Å². The summed E-state index contributed by atoms with van der Waals surface area (Å²) in [7, 11) is 1.55. The molecule has 0 atom stereocenters. The van der Waals surface area contributed by atoms with Crippen molar-refractivity contribution >= 4 is 45.1 Å². The maximum Gasteiger partial charge on any atom is 0.258 e. The number of nitrogens with one attached hydrogen (secondary N) is 4. The number of benzene rings is 2. The van der Waals surface area contributed by atoms with Gasteiger partial charge in [0.15, 0.2) is 0 Å². The van der Waals surface area contributed by atoms with Crippen LogP contribution in [0.2, 0.25) is 0 Å². The van der Waals surface area contributed by atoms with Crippen LogP contribution in [-0.4, -0.2) is 29.7 Å². The molecule has 4 N–H and O–H groups in total. The fourth-order valence-corrected chi connectivity index (χ4v) is 2.85. The quantitative estimate of drug-likeness (QED) is 0.334.